The smallest absolute Gasteiger partial charge is 0.237 e. The number of rotatable bonds is 7. The molecule has 0 atom stereocenters. The molecule has 0 N–H and O–H groups in total. The largest absolute Gasteiger partial charge is 0.311 e. The number of halogens is 1. The van der Waals surface area contributed by atoms with E-state index in [-0.39, 0.29) is 18.1 Å². The Bertz CT molecular complexity index is 1000. The standard InChI is InChI=1S/C19H17ClN6OS/c1-14-12-16(8-9-17(14)20)25(11-5-10-21)18(27)13-28-19-22-23-24-26(19)15-6-3-2-4-7-15/h2-4,6-9,12H,5,11,13H2,1H3. The Morgan fingerprint density at radius 1 is 1.29 bits per heavy atom. The van der Waals surface area contributed by atoms with Crippen molar-refractivity contribution in [1.29, 1.82) is 5.26 Å². The Hall–Kier alpha value is -2.89. The molecule has 0 fully saturated rings. The van der Waals surface area contributed by atoms with E-state index in [1.165, 1.54) is 11.8 Å². The number of carbonyl (C=O) groups excluding carboxylic acids is 1. The Balaban J connectivity index is 1.75. The Morgan fingerprint density at radius 3 is 2.79 bits per heavy atom. The molecular formula is C19H17ClN6OS. The molecule has 0 unspecified atom stereocenters. The van der Waals surface area contributed by atoms with Crippen LogP contribution in [0.4, 0.5) is 5.69 Å². The maximum atomic E-state index is 12.9. The van der Waals surface area contributed by atoms with Gasteiger partial charge in [0, 0.05) is 17.3 Å². The third-order valence-electron chi connectivity index (χ3n) is 3.97. The number of thioether (sulfide) groups is 1. The maximum absolute atomic E-state index is 12.9. The molecule has 0 radical (unpaired) electrons. The predicted molar refractivity (Wildman–Crippen MR) is 109 cm³/mol. The molecule has 1 amide bonds. The minimum absolute atomic E-state index is 0.135. The van der Waals surface area contributed by atoms with Gasteiger partial charge < -0.3 is 4.90 Å². The molecule has 142 valence electrons. The molecular weight excluding hydrogens is 396 g/mol. The topological polar surface area (TPSA) is 87.7 Å². The Morgan fingerprint density at radius 2 is 2.07 bits per heavy atom. The normalized spacial score (nSPS) is 10.5. The molecule has 1 aromatic heterocycles. The summed E-state index contributed by atoms with van der Waals surface area (Å²) in [6.45, 7) is 2.18. The van der Waals surface area contributed by atoms with Crippen LogP contribution in [0.15, 0.2) is 53.7 Å². The number of benzene rings is 2. The molecule has 1 heterocycles. The summed E-state index contributed by atoms with van der Waals surface area (Å²) < 4.78 is 1.59. The van der Waals surface area contributed by atoms with Crippen molar-refractivity contribution in [2.24, 2.45) is 0 Å². The van der Waals surface area contributed by atoms with Gasteiger partial charge in [-0.1, -0.05) is 41.6 Å². The van der Waals surface area contributed by atoms with Gasteiger partial charge in [-0.3, -0.25) is 4.79 Å². The summed E-state index contributed by atoms with van der Waals surface area (Å²) in [7, 11) is 0. The van der Waals surface area contributed by atoms with Crippen LogP contribution in [-0.4, -0.2) is 38.4 Å². The number of tetrazole rings is 1. The fourth-order valence-electron chi connectivity index (χ4n) is 2.56. The van der Waals surface area contributed by atoms with Crippen LogP contribution < -0.4 is 4.90 Å². The fourth-order valence-corrected chi connectivity index (χ4v) is 3.45. The second-order valence-electron chi connectivity index (χ2n) is 5.88. The summed E-state index contributed by atoms with van der Waals surface area (Å²) in [4.78, 5) is 14.5. The monoisotopic (exact) mass is 412 g/mol. The van der Waals surface area contributed by atoms with Crippen LogP contribution in [0, 0.1) is 18.3 Å². The highest BCUT2D eigenvalue weighted by Crippen LogP contribution is 2.25. The first-order chi connectivity index (χ1) is 13.6. The quantitative estimate of drug-likeness (QED) is 0.550. The molecule has 3 aromatic rings. The molecule has 3 rings (SSSR count). The lowest BCUT2D eigenvalue weighted by Gasteiger charge is -2.22. The van der Waals surface area contributed by atoms with Crippen LogP contribution in [0.2, 0.25) is 5.02 Å². The van der Waals surface area contributed by atoms with E-state index in [0.29, 0.717) is 22.4 Å². The zero-order valence-electron chi connectivity index (χ0n) is 15.1. The number of aromatic nitrogens is 4. The van der Waals surface area contributed by atoms with E-state index >= 15 is 0 Å². The molecule has 0 aliphatic heterocycles. The van der Waals surface area contributed by atoms with Crippen molar-refractivity contribution < 1.29 is 4.79 Å². The molecule has 0 aliphatic carbocycles. The van der Waals surface area contributed by atoms with Crippen LogP contribution in [0.3, 0.4) is 0 Å². The number of anilines is 1. The first-order valence-electron chi connectivity index (χ1n) is 8.50. The van der Waals surface area contributed by atoms with E-state index in [4.69, 9.17) is 16.9 Å². The van der Waals surface area contributed by atoms with Crippen molar-refractivity contribution in [1.82, 2.24) is 20.2 Å². The summed E-state index contributed by atoms with van der Waals surface area (Å²) in [5.74, 6) is 0.00455. The number of para-hydroxylation sites is 1. The van der Waals surface area contributed by atoms with Crippen molar-refractivity contribution in [3.8, 4) is 11.8 Å². The number of nitrogens with zero attached hydrogens (tertiary/aromatic N) is 6. The van der Waals surface area contributed by atoms with E-state index in [0.717, 1.165) is 11.3 Å². The molecule has 0 saturated carbocycles. The van der Waals surface area contributed by atoms with Gasteiger partial charge in [0.05, 0.1) is 23.9 Å². The predicted octanol–water partition coefficient (Wildman–Crippen LogP) is 3.66. The van der Waals surface area contributed by atoms with E-state index in [2.05, 4.69) is 21.6 Å². The highest BCUT2D eigenvalue weighted by atomic mass is 35.5. The number of amides is 1. The fraction of sp³-hybridized carbons (Fsp3) is 0.211. The molecule has 7 nitrogen and oxygen atoms in total. The van der Waals surface area contributed by atoms with Crippen molar-refractivity contribution >= 4 is 35.0 Å². The van der Waals surface area contributed by atoms with Gasteiger partial charge in [0.1, 0.15) is 0 Å². The minimum atomic E-state index is -0.135. The van der Waals surface area contributed by atoms with Crippen molar-refractivity contribution in [3.05, 3.63) is 59.1 Å². The minimum Gasteiger partial charge on any atom is -0.311 e. The summed E-state index contributed by atoms with van der Waals surface area (Å²) in [5, 5.41) is 21.8. The van der Waals surface area contributed by atoms with Gasteiger partial charge in [-0.2, -0.15) is 9.94 Å². The Labute approximate surface area is 171 Å². The van der Waals surface area contributed by atoms with Gasteiger partial charge in [-0.15, -0.1) is 5.10 Å². The molecule has 0 aliphatic rings. The number of nitriles is 1. The van der Waals surface area contributed by atoms with Crippen molar-refractivity contribution in [2.45, 2.75) is 18.5 Å². The van der Waals surface area contributed by atoms with Gasteiger partial charge in [-0.05, 0) is 53.2 Å². The third kappa shape index (κ3) is 4.68. The molecule has 2 aromatic carbocycles. The van der Waals surface area contributed by atoms with Crippen LogP contribution in [0.1, 0.15) is 12.0 Å². The second-order valence-corrected chi connectivity index (χ2v) is 7.23. The molecule has 9 heteroatoms. The zero-order chi connectivity index (χ0) is 19.9. The van der Waals surface area contributed by atoms with Gasteiger partial charge in [0.15, 0.2) is 0 Å². The van der Waals surface area contributed by atoms with Crippen molar-refractivity contribution in [3.63, 3.8) is 0 Å². The number of hydrogen-bond donors (Lipinski definition) is 0. The zero-order valence-corrected chi connectivity index (χ0v) is 16.7. The van der Waals surface area contributed by atoms with Gasteiger partial charge in [0.25, 0.3) is 0 Å². The van der Waals surface area contributed by atoms with Gasteiger partial charge >= 0.3 is 0 Å². The van der Waals surface area contributed by atoms with Crippen LogP contribution in [0.25, 0.3) is 5.69 Å². The first-order valence-corrected chi connectivity index (χ1v) is 9.86. The lowest BCUT2D eigenvalue weighted by atomic mass is 10.2. The average Bonchev–Trinajstić information content (AvgIpc) is 3.18. The van der Waals surface area contributed by atoms with E-state index in [1.807, 2.05) is 43.3 Å². The number of carbonyl (C=O) groups is 1. The third-order valence-corrected chi connectivity index (χ3v) is 5.30. The van der Waals surface area contributed by atoms with Crippen LogP contribution in [0.5, 0.6) is 0 Å². The second kappa shape index (κ2) is 9.35. The molecule has 28 heavy (non-hydrogen) atoms. The summed E-state index contributed by atoms with van der Waals surface area (Å²) >= 11 is 7.34. The number of aryl methyl sites for hydroxylation is 1. The maximum Gasteiger partial charge on any atom is 0.237 e. The lowest BCUT2D eigenvalue weighted by molar-refractivity contribution is -0.116. The van der Waals surface area contributed by atoms with E-state index in [9.17, 15) is 4.79 Å². The highest BCUT2D eigenvalue weighted by molar-refractivity contribution is 7.99. The van der Waals surface area contributed by atoms with Crippen molar-refractivity contribution in [2.75, 3.05) is 17.2 Å². The SMILES string of the molecule is Cc1cc(N(CCC#N)C(=O)CSc2nnnn2-c2ccccc2)ccc1Cl. The Kier molecular flexibility index (Phi) is 6.63. The summed E-state index contributed by atoms with van der Waals surface area (Å²) in [6, 6.07) is 16.9. The highest BCUT2D eigenvalue weighted by Gasteiger charge is 2.18. The average molecular weight is 413 g/mol. The van der Waals surface area contributed by atoms with E-state index < -0.39 is 0 Å². The van der Waals surface area contributed by atoms with E-state index in [1.54, 1.807) is 21.7 Å². The summed E-state index contributed by atoms with van der Waals surface area (Å²) in [6.07, 6.45) is 0.236. The van der Waals surface area contributed by atoms with Gasteiger partial charge in [-0.25, -0.2) is 0 Å². The lowest BCUT2D eigenvalue weighted by Crippen LogP contribution is -2.33. The van der Waals surface area contributed by atoms with Crippen LogP contribution in [-0.2, 0) is 4.79 Å². The summed E-state index contributed by atoms with van der Waals surface area (Å²) in [5.41, 5.74) is 2.40. The number of hydrogen-bond acceptors (Lipinski definition) is 6. The molecule has 0 spiro atoms. The molecule has 0 bridgehead atoms. The van der Waals surface area contributed by atoms with Crippen LogP contribution >= 0.6 is 23.4 Å². The van der Waals surface area contributed by atoms with Gasteiger partial charge in [0.2, 0.25) is 11.1 Å². The first kappa shape index (κ1) is 19.9. The molecule has 0 saturated heterocycles.